The third kappa shape index (κ3) is 5.88. The lowest BCUT2D eigenvalue weighted by Gasteiger charge is -2.12. The second kappa shape index (κ2) is 10.2. The molecule has 0 aromatic heterocycles. The van der Waals surface area contributed by atoms with Gasteiger partial charge in [0.25, 0.3) is 0 Å². The first-order valence-electron chi connectivity index (χ1n) is 8.50. The van der Waals surface area contributed by atoms with Gasteiger partial charge in [0.05, 0.1) is 37.6 Å². The van der Waals surface area contributed by atoms with E-state index in [1.165, 1.54) is 44.6 Å². The van der Waals surface area contributed by atoms with Gasteiger partial charge in [-0.1, -0.05) is 12.1 Å². The van der Waals surface area contributed by atoms with Crippen LogP contribution in [-0.2, 0) is 20.7 Å². The summed E-state index contributed by atoms with van der Waals surface area (Å²) >= 11 is 0. The Morgan fingerprint density at radius 3 is 2.29 bits per heavy atom. The zero-order valence-electron chi connectivity index (χ0n) is 15.6. The average Bonchev–Trinajstić information content (AvgIpc) is 2.71. The molecule has 0 atom stereocenters. The fourth-order valence-corrected chi connectivity index (χ4v) is 2.46. The molecule has 8 heteroatoms. The molecule has 0 fully saturated rings. The highest BCUT2D eigenvalue weighted by Gasteiger charge is 2.17. The highest BCUT2D eigenvalue weighted by molar-refractivity contribution is 6.03. The Labute approximate surface area is 161 Å². The van der Waals surface area contributed by atoms with Gasteiger partial charge in [0.2, 0.25) is 5.91 Å². The number of benzene rings is 2. The van der Waals surface area contributed by atoms with Gasteiger partial charge in [0, 0.05) is 0 Å². The molecule has 0 aliphatic carbocycles. The molecule has 148 valence electrons. The van der Waals surface area contributed by atoms with E-state index in [0.717, 1.165) is 5.56 Å². The van der Waals surface area contributed by atoms with Gasteiger partial charge in [-0.05, 0) is 48.9 Å². The minimum absolute atomic E-state index is 0.00966. The summed E-state index contributed by atoms with van der Waals surface area (Å²) in [7, 11) is 2.46. The van der Waals surface area contributed by atoms with Crippen molar-refractivity contribution in [1.82, 2.24) is 5.32 Å². The van der Waals surface area contributed by atoms with Gasteiger partial charge in [0.15, 0.2) is 0 Å². The van der Waals surface area contributed by atoms with Crippen molar-refractivity contribution in [2.24, 2.45) is 0 Å². The monoisotopic (exact) mass is 388 g/mol. The van der Waals surface area contributed by atoms with Crippen LogP contribution in [-0.4, -0.2) is 45.2 Å². The van der Waals surface area contributed by atoms with Crippen molar-refractivity contribution < 1.29 is 28.2 Å². The molecule has 0 aliphatic heterocycles. The summed E-state index contributed by atoms with van der Waals surface area (Å²) in [6.07, 6.45) is 0.624. The Morgan fingerprint density at radius 2 is 1.64 bits per heavy atom. The Balaban J connectivity index is 1.96. The summed E-state index contributed by atoms with van der Waals surface area (Å²) in [5, 5.41) is 5.56. The topological polar surface area (TPSA) is 93.7 Å². The van der Waals surface area contributed by atoms with Crippen LogP contribution in [0.3, 0.4) is 0 Å². The van der Waals surface area contributed by atoms with Crippen LogP contribution < -0.4 is 10.6 Å². The summed E-state index contributed by atoms with van der Waals surface area (Å²) in [5.41, 5.74) is 1.40. The van der Waals surface area contributed by atoms with Gasteiger partial charge in [-0.2, -0.15) is 0 Å². The van der Waals surface area contributed by atoms with E-state index in [4.69, 9.17) is 4.74 Å². The molecule has 0 heterocycles. The van der Waals surface area contributed by atoms with Crippen molar-refractivity contribution >= 4 is 23.5 Å². The minimum atomic E-state index is -0.643. The van der Waals surface area contributed by atoms with Crippen LogP contribution in [0.25, 0.3) is 0 Å². The largest absolute Gasteiger partial charge is 0.465 e. The Bertz CT molecular complexity index is 852. The number of rotatable bonds is 8. The third-order valence-corrected chi connectivity index (χ3v) is 3.91. The molecule has 0 bridgehead atoms. The number of carbonyl (C=O) groups is 3. The first-order chi connectivity index (χ1) is 13.4. The van der Waals surface area contributed by atoms with Gasteiger partial charge in [-0.15, -0.1) is 0 Å². The molecule has 0 radical (unpaired) electrons. The van der Waals surface area contributed by atoms with Crippen LogP contribution in [0.4, 0.5) is 10.1 Å². The van der Waals surface area contributed by atoms with Crippen LogP contribution in [0, 0.1) is 5.82 Å². The molecule has 2 aromatic carbocycles. The van der Waals surface area contributed by atoms with Crippen molar-refractivity contribution in [3.05, 3.63) is 65.0 Å². The van der Waals surface area contributed by atoms with E-state index in [2.05, 4.69) is 15.4 Å². The second-order valence-electron chi connectivity index (χ2n) is 5.84. The number of carbonyl (C=O) groups excluding carboxylic acids is 3. The first kappa shape index (κ1) is 21.0. The lowest BCUT2D eigenvalue weighted by atomic mass is 10.1. The van der Waals surface area contributed by atoms with Gasteiger partial charge in [-0.3, -0.25) is 4.79 Å². The Hall–Kier alpha value is -3.26. The number of hydrogen-bond acceptors (Lipinski definition) is 6. The maximum absolute atomic E-state index is 12.9. The van der Waals surface area contributed by atoms with Crippen molar-refractivity contribution in [3.8, 4) is 0 Å². The summed E-state index contributed by atoms with van der Waals surface area (Å²) in [6.45, 7) is 0.495. The van der Waals surface area contributed by atoms with Crippen molar-refractivity contribution in [1.29, 1.82) is 0 Å². The smallest absolute Gasteiger partial charge is 0.339 e. The predicted molar refractivity (Wildman–Crippen MR) is 101 cm³/mol. The van der Waals surface area contributed by atoms with Crippen LogP contribution in [0.2, 0.25) is 0 Å². The van der Waals surface area contributed by atoms with E-state index in [0.29, 0.717) is 13.0 Å². The molecule has 0 aliphatic rings. The molecular formula is C20H21FN2O5. The molecule has 7 nitrogen and oxygen atoms in total. The molecular weight excluding hydrogens is 367 g/mol. The molecule has 2 aromatic rings. The number of halogens is 1. The maximum Gasteiger partial charge on any atom is 0.339 e. The normalized spacial score (nSPS) is 10.2. The number of nitrogens with one attached hydrogen (secondary N) is 2. The SMILES string of the molecule is COC(=O)c1ccc(C(=O)OC)c(NC(=O)CNCCc2ccc(F)cc2)c1. The van der Waals surface area contributed by atoms with E-state index < -0.39 is 17.8 Å². The van der Waals surface area contributed by atoms with Crippen molar-refractivity contribution in [2.45, 2.75) is 6.42 Å². The summed E-state index contributed by atoms with van der Waals surface area (Å²) in [5.74, 6) is -1.93. The molecule has 28 heavy (non-hydrogen) atoms. The Kier molecular flexibility index (Phi) is 7.65. The fourth-order valence-electron chi connectivity index (χ4n) is 2.46. The standard InChI is InChI=1S/C20H21FN2O5/c1-27-19(25)14-5-8-16(20(26)28-2)17(11-14)23-18(24)12-22-10-9-13-3-6-15(21)7-4-13/h3-8,11,22H,9-10,12H2,1-2H3,(H,23,24). The van der Waals surface area contributed by atoms with E-state index in [-0.39, 0.29) is 29.2 Å². The van der Waals surface area contributed by atoms with Crippen LogP contribution in [0.5, 0.6) is 0 Å². The molecule has 0 unspecified atom stereocenters. The highest BCUT2D eigenvalue weighted by atomic mass is 19.1. The number of amides is 1. The van der Waals surface area contributed by atoms with Crippen molar-refractivity contribution in [2.75, 3.05) is 32.6 Å². The minimum Gasteiger partial charge on any atom is -0.465 e. The highest BCUT2D eigenvalue weighted by Crippen LogP contribution is 2.19. The van der Waals surface area contributed by atoms with Crippen LogP contribution in [0.1, 0.15) is 26.3 Å². The quantitative estimate of drug-likeness (QED) is 0.532. The summed E-state index contributed by atoms with van der Waals surface area (Å²) in [4.78, 5) is 35.7. The molecule has 0 spiro atoms. The maximum atomic E-state index is 12.9. The van der Waals surface area contributed by atoms with Gasteiger partial charge in [-0.25, -0.2) is 14.0 Å². The number of anilines is 1. The van der Waals surface area contributed by atoms with Crippen LogP contribution >= 0.6 is 0 Å². The van der Waals surface area contributed by atoms with Gasteiger partial charge >= 0.3 is 11.9 Å². The van der Waals surface area contributed by atoms with E-state index in [9.17, 15) is 18.8 Å². The number of esters is 2. The van der Waals surface area contributed by atoms with Crippen molar-refractivity contribution in [3.63, 3.8) is 0 Å². The number of methoxy groups -OCH3 is 2. The zero-order chi connectivity index (χ0) is 20.5. The first-order valence-corrected chi connectivity index (χ1v) is 8.50. The Morgan fingerprint density at radius 1 is 0.964 bits per heavy atom. The molecule has 2 N–H and O–H groups in total. The third-order valence-electron chi connectivity index (χ3n) is 3.91. The summed E-state index contributed by atoms with van der Waals surface area (Å²) < 4.78 is 22.2. The molecule has 0 saturated carbocycles. The zero-order valence-corrected chi connectivity index (χ0v) is 15.6. The van der Waals surface area contributed by atoms with Crippen LogP contribution in [0.15, 0.2) is 42.5 Å². The predicted octanol–water partition coefficient (Wildman–Crippen LogP) is 2.17. The number of hydrogen-bond donors (Lipinski definition) is 2. The summed E-state index contributed by atoms with van der Waals surface area (Å²) in [6, 6.07) is 10.3. The van der Waals surface area contributed by atoms with E-state index in [1.807, 2.05) is 0 Å². The lowest BCUT2D eigenvalue weighted by molar-refractivity contribution is -0.115. The molecule has 1 amide bonds. The van der Waals surface area contributed by atoms with Gasteiger partial charge < -0.3 is 20.1 Å². The lowest BCUT2D eigenvalue weighted by Crippen LogP contribution is -2.30. The van der Waals surface area contributed by atoms with E-state index in [1.54, 1.807) is 12.1 Å². The molecule has 0 saturated heterocycles. The second-order valence-corrected chi connectivity index (χ2v) is 5.84. The molecule has 2 rings (SSSR count). The van der Waals surface area contributed by atoms with E-state index >= 15 is 0 Å². The van der Waals surface area contributed by atoms with Gasteiger partial charge in [0.1, 0.15) is 5.82 Å². The number of ether oxygens (including phenoxy) is 2. The fraction of sp³-hybridized carbons (Fsp3) is 0.250. The average molecular weight is 388 g/mol.